The molecule has 0 radical (unpaired) electrons. The Kier molecular flexibility index (Phi) is 4.28. The summed E-state index contributed by atoms with van der Waals surface area (Å²) >= 11 is 19.2. The zero-order chi connectivity index (χ0) is 15.1. The molecule has 1 unspecified atom stereocenters. The Hall–Kier alpha value is -0.620. The van der Waals surface area contributed by atoms with Crippen molar-refractivity contribution in [3.63, 3.8) is 0 Å². The first-order valence-electron chi connectivity index (χ1n) is 6.11. The number of nitrogens with zero attached hydrogens (tertiary/aromatic N) is 3. The molecule has 1 atom stereocenters. The van der Waals surface area contributed by atoms with Crippen LogP contribution in [-0.4, -0.2) is 14.5 Å². The SMILES string of the molecule is CC(Cl)c1nc2cc(Br)cnc2n1-c1ccc(Cl)c(Br)c1. The fourth-order valence-electron chi connectivity index (χ4n) is 2.10. The van der Waals surface area contributed by atoms with Crippen LogP contribution in [0.25, 0.3) is 16.9 Å². The predicted octanol–water partition coefficient (Wildman–Crippen LogP) is 5.90. The third-order valence-electron chi connectivity index (χ3n) is 3.01. The number of imidazole rings is 1. The number of pyridine rings is 1. The van der Waals surface area contributed by atoms with Gasteiger partial charge in [-0.05, 0) is 63.0 Å². The lowest BCUT2D eigenvalue weighted by Crippen LogP contribution is -2.02. The van der Waals surface area contributed by atoms with Gasteiger partial charge in [0.25, 0.3) is 0 Å². The summed E-state index contributed by atoms with van der Waals surface area (Å²) in [4.78, 5) is 9.05. The van der Waals surface area contributed by atoms with Crippen LogP contribution in [0.3, 0.4) is 0 Å². The van der Waals surface area contributed by atoms with Gasteiger partial charge in [0.2, 0.25) is 0 Å². The molecule has 2 aromatic heterocycles. The molecule has 108 valence electrons. The van der Waals surface area contributed by atoms with Gasteiger partial charge in [-0.2, -0.15) is 0 Å². The van der Waals surface area contributed by atoms with E-state index in [1.54, 1.807) is 6.20 Å². The highest BCUT2D eigenvalue weighted by molar-refractivity contribution is 9.10. The molecular formula is C14H9Br2Cl2N3. The van der Waals surface area contributed by atoms with Crippen LogP contribution < -0.4 is 0 Å². The van der Waals surface area contributed by atoms with Crippen molar-refractivity contribution in [1.82, 2.24) is 14.5 Å². The second-order valence-electron chi connectivity index (χ2n) is 4.52. The van der Waals surface area contributed by atoms with E-state index in [0.717, 1.165) is 31.6 Å². The van der Waals surface area contributed by atoms with Crippen molar-refractivity contribution in [2.75, 3.05) is 0 Å². The van der Waals surface area contributed by atoms with Crippen LogP contribution in [0.2, 0.25) is 5.02 Å². The second-order valence-corrected chi connectivity index (χ2v) is 7.35. The number of rotatable bonds is 2. The number of hydrogen-bond acceptors (Lipinski definition) is 2. The van der Waals surface area contributed by atoms with Crippen LogP contribution >= 0.6 is 55.1 Å². The lowest BCUT2D eigenvalue weighted by Gasteiger charge is -2.11. The lowest BCUT2D eigenvalue weighted by molar-refractivity contribution is 0.876. The minimum Gasteiger partial charge on any atom is -0.279 e. The van der Waals surface area contributed by atoms with Crippen molar-refractivity contribution in [3.8, 4) is 5.69 Å². The van der Waals surface area contributed by atoms with E-state index in [1.165, 1.54) is 0 Å². The zero-order valence-corrected chi connectivity index (χ0v) is 15.5. The highest BCUT2D eigenvalue weighted by atomic mass is 79.9. The molecule has 0 saturated carbocycles. The average molecular weight is 450 g/mol. The van der Waals surface area contributed by atoms with Gasteiger partial charge in [-0.15, -0.1) is 11.6 Å². The van der Waals surface area contributed by atoms with Crippen molar-refractivity contribution in [3.05, 3.63) is 50.3 Å². The molecule has 3 aromatic rings. The molecule has 0 aliphatic rings. The molecule has 0 amide bonds. The highest BCUT2D eigenvalue weighted by Gasteiger charge is 2.18. The maximum atomic E-state index is 6.28. The highest BCUT2D eigenvalue weighted by Crippen LogP contribution is 2.31. The number of alkyl halides is 1. The summed E-state index contributed by atoms with van der Waals surface area (Å²) in [5.74, 6) is 0.742. The van der Waals surface area contributed by atoms with Gasteiger partial charge >= 0.3 is 0 Å². The second kappa shape index (κ2) is 5.88. The topological polar surface area (TPSA) is 30.7 Å². The fraction of sp³-hybridized carbons (Fsp3) is 0.143. The molecule has 0 bridgehead atoms. The minimum atomic E-state index is -0.243. The summed E-state index contributed by atoms with van der Waals surface area (Å²) in [6, 6.07) is 7.59. The standard InChI is InChI=1S/C14H9Br2Cl2N3/c1-7(17)13-20-12-4-8(15)6-19-14(12)21(13)9-2-3-11(18)10(16)5-9/h2-7H,1H3. The van der Waals surface area contributed by atoms with E-state index in [4.69, 9.17) is 23.2 Å². The van der Waals surface area contributed by atoms with Crippen molar-refractivity contribution in [2.24, 2.45) is 0 Å². The number of fused-ring (bicyclic) bond motifs is 1. The summed E-state index contributed by atoms with van der Waals surface area (Å²) in [5.41, 5.74) is 2.46. The van der Waals surface area contributed by atoms with E-state index >= 15 is 0 Å². The summed E-state index contributed by atoms with van der Waals surface area (Å²) in [6.45, 7) is 1.89. The van der Waals surface area contributed by atoms with Crippen LogP contribution in [0.1, 0.15) is 18.1 Å². The summed E-state index contributed by atoms with van der Waals surface area (Å²) in [6.07, 6.45) is 1.74. The maximum absolute atomic E-state index is 6.28. The largest absolute Gasteiger partial charge is 0.279 e. The lowest BCUT2D eigenvalue weighted by atomic mass is 10.3. The van der Waals surface area contributed by atoms with Crippen molar-refractivity contribution in [1.29, 1.82) is 0 Å². The number of aromatic nitrogens is 3. The Morgan fingerprint density at radius 3 is 2.67 bits per heavy atom. The van der Waals surface area contributed by atoms with Gasteiger partial charge in [-0.1, -0.05) is 11.6 Å². The molecule has 0 spiro atoms. The molecular weight excluding hydrogens is 441 g/mol. The molecule has 1 aromatic carbocycles. The Morgan fingerprint density at radius 1 is 1.24 bits per heavy atom. The van der Waals surface area contributed by atoms with E-state index in [9.17, 15) is 0 Å². The van der Waals surface area contributed by atoms with Crippen LogP contribution in [0.4, 0.5) is 0 Å². The fourth-order valence-corrected chi connectivity index (χ4v) is 3.05. The minimum absolute atomic E-state index is 0.243. The van der Waals surface area contributed by atoms with Gasteiger partial charge in [0.1, 0.15) is 11.3 Å². The van der Waals surface area contributed by atoms with Gasteiger partial charge in [-0.3, -0.25) is 4.57 Å². The smallest absolute Gasteiger partial charge is 0.164 e. The van der Waals surface area contributed by atoms with E-state index in [2.05, 4.69) is 41.8 Å². The van der Waals surface area contributed by atoms with E-state index in [1.807, 2.05) is 35.8 Å². The van der Waals surface area contributed by atoms with Crippen LogP contribution in [0.5, 0.6) is 0 Å². The number of benzene rings is 1. The van der Waals surface area contributed by atoms with Gasteiger partial charge in [0.05, 0.1) is 16.1 Å². The van der Waals surface area contributed by atoms with Crippen LogP contribution in [0.15, 0.2) is 39.4 Å². The molecule has 0 N–H and O–H groups in total. The predicted molar refractivity (Wildman–Crippen MR) is 93.5 cm³/mol. The van der Waals surface area contributed by atoms with Gasteiger partial charge in [0.15, 0.2) is 5.65 Å². The molecule has 0 fully saturated rings. The molecule has 2 heterocycles. The molecule has 21 heavy (non-hydrogen) atoms. The van der Waals surface area contributed by atoms with Gasteiger partial charge < -0.3 is 0 Å². The van der Waals surface area contributed by atoms with Crippen LogP contribution in [-0.2, 0) is 0 Å². The molecule has 0 aliphatic heterocycles. The summed E-state index contributed by atoms with van der Waals surface area (Å²) < 4.78 is 3.64. The number of halogens is 4. The van der Waals surface area contributed by atoms with Crippen molar-refractivity contribution >= 4 is 66.2 Å². The average Bonchev–Trinajstić information content (AvgIpc) is 2.80. The van der Waals surface area contributed by atoms with E-state index in [-0.39, 0.29) is 5.38 Å². The summed E-state index contributed by atoms with van der Waals surface area (Å²) in [5, 5.41) is 0.409. The molecule has 3 nitrogen and oxygen atoms in total. The quantitative estimate of drug-likeness (QED) is 0.456. The first kappa shape index (κ1) is 15.3. The Bertz CT molecular complexity index is 830. The summed E-state index contributed by atoms with van der Waals surface area (Å²) in [7, 11) is 0. The maximum Gasteiger partial charge on any atom is 0.164 e. The van der Waals surface area contributed by atoms with Crippen molar-refractivity contribution < 1.29 is 0 Å². The Morgan fingerprint density at radius 2 is 2.00 bits per heavy atom. The molecule has 0 saturated heterocycles. The third-order valence-corrected chi connectivity index (χ3v) is 4.85. The normalized spacial score (nSPS) is 12.8. The van der Waals surface area contributed by atoms with E-state index < -0.39 is 0 Å². The Balaban J connectivity index is 2.33. The monoisotopic (exact) mass is 447 g/mol. The first-order chi connectivity index (χ1) is 9.97. The van der Waals surface area contributed by atoms with Crippen molar-refractivity contribution in [2.45, 2.75) is 12.3 Å². The van der Waals surface area contributed by atoms with Crippen LogP contribution in [0, 0.1) is 0 Å². The zero-order valence-electron chi connectivity index (χ0n) is 10.8. The van der Waals surface area contributed by atoms with Gasteiger partial charge in [-0.25, -0.2) is 9.97 Å². The van der Waals surface area contributed by atoms with E-state index in [0.29, 0.717) is 5.02 Å². The molecule has 0 aliphatic carbocycles. The van der Waals surface area contributed by atoms with Gasteiger partial charge in [0, 0.05) is 15.1 Å². The first-order valence-corrected chi connectivity index (χ1v) is 8.51. The molecule has 3 rings (SSSR count). The third kappa shape index (κ3) is 2.84. The Labute approximate surface area is 148 Å². The molecule has 7 heteroatoms. The number of hydrogen-bond donors (Lipinski definition) is 0.